The van der Waals surface area contributed by atoms with Gasteiger partial charge < -0.3 is 10.0 Å². The topological polar surface area (TPSA) is 40.5 Å². The monoisotopic (exact) mass is 325 g/mol. The van der Waals surface area contributed by atoms with Crippen molar-refractivity contribution in [2.75, 3.05) is 6.54 Å². The van der Waals surface area contributed by atoms with E-state index in [0.717, 1.165) is 17.3 Å². The Balaban J connectivity index is 2.10. The lowest BCUT2D eigenvalue weighted by atomic mass is 10.1. The van der Waals surface area contributed by atoms with Gasteiger partial charge in [-0.25, -0.2) is 4.79 Å². The van der Waals surface area contributed by atoms with E-state index in [2.05, 4.69) is 28.1 Å². The third-order valence-corrected chi connectivity index (χ3v) is 4.99. The lowest BCUT2D eigenvalue weighted by Gasteiger charge is -2.15. The van der Waals surface area contributed by atoms with Gasteiger partial charge in [-0.1, -0.05) is 15.9 Å². The fourth-order valence-corrected chi connectivity index (χ4v) is 4.05. The van der Waals surface area contributed by atoms with E-state index in [1.165, 1.54) is 25.4 Å². The van der Waals surface area contributed by atoms with E-state index in [0.29, 0.717) is 13.1 Å². The molecule has 94 valence electrons. The van der Waals surface area contributed by atoms with Crippen LogP contribution in [0.1, 0.15) is 16.9 Å². The highest BCUT2D eigenvalue weighted by atomic mass is 79.9. The van der Waals surface area contributed by atoms with E-state index in [4.69, 9.17) is 5.11 Å². The molecule has 3 nitrogen and oxygen atoms in total. The number of thiophene rings is 1. The van der Waals surface area contributed by atoms with Crippen LogP contribution in [-0.4, -0.2) is 22.6 Å². The fourth-order valence-electron chi connectivity index (χ4n) is 2.44. The van der Waals surface area contributed by atoms with E-state index in [-0.39, 0.29) is 0 Å². The Morgan fingerprint density at radius 2 is 2.28 bits per heavy atom. The van der Waals surface area contributed by atoms with Gasteiger partial charge in [-0.2, -0.15) is 0 Å². The fraction of sp³-hybridized carbons (Fsp3) is 0.308. The average Bonchev–Trinajstić information content (AvgIpc) is 2.54. The second-order valence-electron chi connectivity index (χ2n) is 4.45. The van der Waals surface area contributed by atoms with Gasteiger partial charge in [0.25, 0.3) is 0 Å². The van der Waals surface area contributed by atoms with Gasteiger partial charge in [0, 0.05) is 20.6 Å². The first-order valence-corrected chi connectivity index (χ1v) is 7.44. The molecule has 18 heavy (non-hydrogen) atoms. The summed E-state index contributed by atoms with van der Waals surface area (Å²) >= 11 is 5.22. The van der Waals surface area contributed by atoms with Crippen molar-refractivity contribution in [2.45, 2.75) is 19.4 Å². The van der Waals surface area contributed by atoms with Crippen LogP contribution in [0.5, 0.6) is 0 Å². The molecule has 1 aliphatic rings. The minimum absolute atomic E-state index is 0.529. The largest absolute Gasteiger partial charge is 0.465 e. The Kier molecular flexibility index (Phi) is 3.03. The number of hydrogen-bond acceptors (Lipinski definition) is 2. The van der Waals surface area contributed by atoms with Crippen LogP contribution in [0.25, 0.3) is 10.1 Å². The van der Waals surface area contributed by atoms with Crippen LogP contribution < -0.4 is 0 Å². The zero-order chi connectivity index (χ0) is 12.7. The van der Waals surface area contributed by atoms with Gasteiger partial charge in [-0.15, -0.1) is 11.3 Å². The summed E-state index contributed by atoms with van der Waals surface area (Å²) in [5, 5.41) is 10.4. The smallest absolute Gasteiger partial charge is 0.407 e. The molecule has 0 spiro atoms. The van der Waals surface area contributed by atoms with Crippen LogP contribution in [-0.2, 0) is 13.0 Å². The van der Waals surface area contributed by atoms with Crippen LogP contribution in [0, 0.1) is 0 Å². The maximum atomic E-state index is 11.1. The summed E-state index contributed by atoms with van der Waals surface area (Å²) in [6.45, 7) is 1.16. The Hall–Kier alpha value is -1.07. The molecular weight excluding hydrogens is 314 g/mol. The van der Waals surface area contributed by atoms with Crippen molar-refractivity contribution in [2.24, 2.45) is 0 Å². The number of benzene rings is 1. The summed E-state index contributed by atoms with van der Waals surface area (Å²) in [5.74, 6) is 0. The first-order valence-electron chi connectivity index (χ1n) is 5.83. The number of carbonyl (C=O) groups is 1. The molecule has 1 N–H and O–H groups in total. The molecule has 0 radical (unpaired) electrons. The molecule has 0 bridgehead atoms. The highest BCUT2D eigenvalue weighted by molar-refractivity contribution is 9.10. The summed E-state index contributed by atoms with van der Waals surface area (Å²) < 4.78 is 2.32. The molecule has 1 aliphatic heterocycles. The highest BCUT2D eigenvalue weighted by Gasteiger charge is 2.21. The third-order valence-electron chi connectivity index (χ3n) is 3.30. The first kappa shape index (κ1) is 12.0. The second kappa shape index (κ2) is 4.55. The van der Waals surface area contributed by atoms with Crippen molar-refractivity contribution in [1.29, 1.82) is 0 Å². The maximum absolute atomic E-state index is 11.1. The average molecular weight is 326 g/mol. The van der Waals surface area contributed by atoms with Crippen molar-refractivity contribution < 1.29 is 9.90 Å². The van der Waals surface area contributed by atoms with E-state index in [1.807, 2.05) is 6.07 Å². The Morgan fingerprint density at radius 1 is 1.44 bits per heavy atom. The molecular formula is C13H12BrNO2S. The number of carboxylic acid groups (broad SMARTS) is 1. The Labute approximate surface area is 117 Å². The zero-order valence-electron chi connectivity index (χ0n) is 9.65. The van der Waals surface area contributed by atoms with Gasteiger partial charge in [0.15, 0.2) is 0 Å². The van der Waals surface area contributed by atoms with Crippen LogP contribution >= 0.6 is 27.3 Å². The van der Waals surface area contributed by atoms with E-state index >= 15 is 0 Å². The number of halogens is 1. The second-order valence-corrected chi connectivity index (χ2v) is 6.50. The molecule has 5 heteroatoms. The molecule has 2 aromatic rings. The van der Waals surface area contributed by atoms with Gasteiger partial charge in [0.05, 0.1) is 6.54 Å². The van der Waals surface area contributed by atoms with Crippen molar-refractivity contribution >= 4 is 43.4 Å². The summed E-state index contributed by atoms with van der Waals surface area (Å²) in [5.41, 5.74) is 1.33. The molecule has 0 aliphatic carbocycles. The summed E-state index contributed by atoms with van der Waals surface area (Å²) in [6, 6.07) is 6.28. The van der Waals surface area contributed by atoms with Crippen LogP contribution in [0.3, 0.4) is 0 Å². The summed E-state index contributed by atoms with van der Waals surface area (Å²) in [4.78, 5) is 13.8. The van der Waals surface area contributed by atoms with Crippen LogP contribution in [0.2, 0.25) is 0 Å². The van der Waals surface area contributed by atoms with E-state index in [9.17, 15) is 4.79 Å². The molecule has 0 atom stereocenters. The third kappa shape index (κ3) is 2.01. The normalized spacial score (nSPS) is 15.5. The number of amides is 1. The van der Waals surface area contributed by atoms with Crippen LogP contribution in [0.4, 0.5) is 4.79 Å². The minimum Gasteiger partial charge on any atom is -0.465 e. The molecule has 2 heterocycles. The minimum atomic E-state index is -0.818. The molecule has 0 unspecified atom stereocenters. The number of rotatable bonds is 0. The zero-order valence-corrected chi connectivity index (χ0v) is 12.1. The van der Waals surface area contributed by atoms with Crippen molar-refractivity contribution in [1.82, 2.24) is 4.90 Å². The van der Waals surface area contributed by atoms with E-state index in [1.54, 1.807) is 11.3 Å². The highest BCUT2D eigenvalue weighted by Crippen LogP contribution is 2.36. The quantitative estimate of drug-likeness (QED) is 0.792. The number of fused-ring (bicyclic) bond motifs is 3. The lowest BCUT2D eigenvalue weighted by molar-refractivity contribution is 0.143. The Bertz CT molecular complexity index is 623. The molecule has 1 aromatic carbocycles. The molecule has 0 saturated carbocycles. The number of hydrogen-bond donors (Lipinski definition) is 1. The van der Waals surface area contributed by atoms with Gasteiger partial charge in [-0.3, -0.25) is 0 Å². The molecule has 1 aromatic heterocycles. The molecule has 0 fully saturated rings. The van der Waals surface area contributed by atoms with E-state index < -0.39 is 6.09 Å². The standard InChI is InChI=1S/C13H12BrNO2S/c14-8-3-4-11-10(6-8)9-2-1-5-15(13(16)17)7-12(9)18-11/h3-4,6H,1-2,5,7H2,(H,16,17). The van der Waals surface area contributed by atoms with Crippen molar-refractivity contribution in [3.8, 4) is 0 Å². The number of nitrogens with zero attached hydrogens (tertiary/aromatic N) is 1. The number of aryl methyl sites for hydroxylation is 1. The van der Waals surface area contributed by atoms with Crippen molar-refractivity contribution in [3.05, 3.63) is 33.1 Å². The first-order chi connectivity index (χ1) is 8.65. The lowest BCUT2D eigenvalue weighted by Crippen LogP contribution is -2.28. The Morgan fingerprint density at radius 3 is 3.06 bits per heavy atom. The SMILES string of the molecule is O=C(O)N1CCCc2c(sc3ccc(Br)cc23)C1. The summed E-state index contributed by atoms with van der Waals surface area (Å²) in [7, 11) is 0. The molecule has 0 saturated heterocycles. The van der Waals surface area contributed by atoms with Gasteiger partial charge in [-0.05, 0) is 42.0 Å². The van der Waals surface area contributed by atoms with Crippen molar-refractivity contribution in [3.63, 3.8) is 0 Å². The van der Waals surface area contributed by atoms with Crippen LogP contribution in [0.15, 0.2) is 22.7 Å². The summed E-state index contributed by atoms with van der Waals surface area (Å²) in [6.07, 6.45) is 1.05. The molecule has 1 amide bonds. The predicted octanol–water partition coefficient (Wildman–Crippen LogP) is 4.09. The predicted molar refractivity (Wildman–Crippen MR) is 76.3 cm³/mol. The van der Waals surface area contributed by atoms with Gasteiger partial charge >= 0.3 is 6.09 Å². The molecule has 3 rings (SSSR count). The van der Waals surface area contributed by atoms with Gasteiger partial charge in [0.2, 0.25) is 0 Å². The maximum Gasteiger partial charge on any atom is 0.407 e. The van der Waals surface area contributed by atoms with Gasteiger partial charge in [0.1, 0.15) is 0 Å².